The van der Waals surface area contributed by atoms with Crippen molar-refractivity contribution in [2.24, 2.45) is 0 Å². The third kappa shape index (κ3) is 6.14. The van der Waals surface area contributed by atoms with Gasteiger partial charge in [0.2, 0.25) is 0 Å². The van der Waals surface area contributed by atoms with Gasteiger partial charge in [0.25, 0.3) is 0 Å². The van der Waals surface area contributed by atoms with Gasteiger partial charge in [0.05, 0.1) is 12.2 Å². The Morgan fingerprint density at radius 1 is 1.38 bits per heavy atom. The summed E-state index contributed by atoms with van der Waals surface area (Å²) in [5, 5.41) is 7.61. The average Bonchev–Trinajstić information content (AvgIpc) is 2.98. The fourth-order valence-corrected chi connectivity index (χ4v) is 3.29. The van der Waals surface area contributed by atoms with Crippen molar-refractivity contribution in [1.82, 2.24) is 20.6 Å². The summed E-state index contributed by atoms with van der Waals surface area (Å²) in [5.74, 6) is 0.952. The molecule has 21 heavy (non-hydrogen) atoms. The van der Waals surface area contributed by atoms with E-state index < -0.39 is 0 Å². The average molecular weight is 322 g/mol. The van der Waals surface area contributed by atoms with Crippen molar-refractivity contribution in [2.75, 3.05) is 12.3 Å². The van der Waals surface area contributed by atoms with Crippen LogP contribution in [0.25, 0.3) is 0 Å². The summed E-state index contributed by atoms with van der Waals surface area (Å²) < 4.78 is 1.07. The predicted molar refractivity (Wildman–Crippen MR) is 86.7 cm³/mol. The van der Waals surface area contributed by atoms with Crippen LogP contribution in [0.15, 0.2) is 34.1 Å². The molecule has 7 heteroatoms. The van der Waals surface area contributed by atoms with Crippen LogP contribution in [0.1, 0.15) is 17.8 Å². The normalized spacial score (nSPS) is 10.3. The highest BCUT2D eigenvalue weighted by Crippen LogP contribution is 2.20. The van der Waals surface area contributed by atoms with Crippen molar-refractivity contribution in [2.45, 2.75) is 24.2 Å². The van der Waals surface area contributed by atoms with E-state index in [0.717, 1.165) is 27.9 Å². The number of nitrogens with one attached hydrogen (secondary N) is 2. The number of carbonyl (C=O) groups excluding carboxylic acids is 1. The molecule has 0 aliphatic rings. The monoisotopic (exact) mass is 322 g/mol. The van der Waals surface area contributed by atoms with Gasteiger partial charge in [-0.25, -0.2) is 9.78 Å². The summed E-state index contributed by atoms with van der Waals surface area (Å²) in [6.07, 6.45) is 2.72. The van der Waals surface area contributed by atoms with Crippen molar-refractivity contribution in [3.05, 3.63) is 41.2 Å². The molecule has 5 nitrogen and oxygen atoms in total. The molecule has 0 spiro atoms. The molecule has 0 unspecified atom stereocenters. The number of urea groups is 1. The fourth-order valence-electron chi connectivity index (χ4n) is 1.65. The van der Waals surface area contributed by atoms with E-state index >= 15 is 0 Å². The smallest absolute Gasteiger partial charge is 0.315 e. The van der Waals surface area contributed by atoms with Crippen LogP contribution in [-0.4, -0.2) is 28.3 Å². The zero-order valence-electron chi connectivity index (χ0n) is 11.8. The number of aromatic nitrogens is 2. The van der Waals surface area contributed by atoms with Crippen molar-refractivity contribution < 1.29 is 4.79 Å². The zero-order chi connectivity index (χ0) is 14.9. The predicted octanol–water partition coefficient (Wildman–Crippen LogP) is 2.83. The maximum atomic E-state index is 11.6. The molecular formula is C14H18N4OS2. The standard InChI is InChI=1S/C14H18N4OS2/c1-11-4-2-5-12(18-11)10-17-13(19)15-6-3-8-20-14-16-7-9-21-14/h2,4-5,7,9H,3,6,8,10H2,1H3,(H2,15,17,19). The molecule has 0 aliphatic heterocycles. The van der Waals surface area contributed by atoms with Gasteiger partial charge in [-0.2, -0.15) is 0 Å². The van der Waals surface area contributed by atoms with Gasteiger partial charge >= 0.3 is 6.03 Å². The molecule has 0 bridgehead atoms. The molecule has 0 atom stereocenters. The minimum Gasteiger partial charge on any atom is -0.338 e. The van der Waals surface area contributed by atoms with E-state index in [9.17, 15) is 4.79 Å². The summed E-state index contributed by atoms with van der Waals surface area (Å²) >= 11 is 3.36. The molecule has 2 amide bonds. The molecule has 0 aromatic carbocycles. The van der Waals surface area contributed by atoms with Crippen molar-refractivity contribution in [3.8, 4) is 0 Å². The van der Waals surface area contributed by atoms with Crippen molar-refractivity contribution in [1.29, 1.82) is 0 Å². The number of thiazole rings is 1. The molecule has 2 rings (SSSR count). The molecule has 2 aromatic rings. The summed E-state index contributed by atoms with van der Waals surface area (Å²) in [6, 6.07) is 5.62. The first kappa shape index (κ1) is 15.8. The topological polar surface area (TPSA) is 66.9 Å². The second kappa shape index (κ2) is 8.63. The Morgan fingerprint density at radius 2 is 2.29 bits per heavy atom. The number of hydrogen-bond donors (Lipinski definition) is 2. The Kier molecular flexibility index (Phi) is 6.49. The largest absolute Gasteiger partial charge is 0.338 e. The van der Waals surface area contributed by atoms with Crippen LogP contribution in [0.4, 0.5) is 4.79 Å². The number of nitrogens with zero attached hydrogens (tertiary/aromatic N) is 2. The summed E-state index contributed by atoms with van der Waals surface area (Å²) in [5.41, 5.74) is 1.82. The molecule has 0 fully saturated rings. The first-order valence-electron chi connectivity index (χ1n) is 6.70. The van der Waals surface area contributed by atoms with Gasteiger partial charge in [0, 0.05) is 29.6 Å². The SMILES string of the molecule is Cc1cccc(CNC(=O)NCCCSc2nccs2)n1. The maximum absolute atomic E-state index is 11.6. The van der Waals surface area contributed by atoms with E-state index in [1.807, 2.05) is 30.5 Å². The maximum Gasteiger partial charge on any atom is 0.315 e. The zero-order valence-corrected chi connectivity index (χ0v) is 13.5. The minimum absolute atomic E-state index is 0.155. The van der Waals surface area contributed by atoms with Crippen LogP contribution >= 0.6 is 23.1 Å². The molecular weight excluding hydrogens is 304 g/mol. The second-order valence-corrected chi connectivity index (χ2v) is 6.62. The lowest BCUT2D eigenvalue weighted by atomic mass is 10.3. The molecule has 0 saturated carbocycles. The van der Waals surface area contributed by atoms with E-state index in [0.29, 0.717) is 13.1 Å². The van der Waals surface area contributed by atoms with Gasteiger partial charge in [-0.3, -0.25) is 4.98 Å². The van der Waals surface area contributed by atoms with Gasteiger partial charge < -0.3 is 10.6 Å². The quantitative estimate of drug-likeness (QED) is 0.607. The third-order valence-electron chi connectivity index (χ3n) is 2.62. The Hall–Kier alpha value is -1.60. The summed E-state index contributed by atoms with van der Waals surface area (Å²) in [4.78, 5) is 20.2. The Balaban J connectivity index is 1.55. The van der Waals surface area contributed by atoms with Crippen molar-refractivity contribution in [3.63, 3.8) is 0 Å². The number of carbonyl (C=O) groups is 1. The molecule has 2 heterocycles. The molecule has 0 saturated heterocycles. The second-order valence-electron chi connectivity index (χ2n) is 4.38. The number of pyridine rings is 1. The van der Waals surface area contributed by atoms with E-state index in [2.05, 4.69) is 20.6 Å². The lowest BCUT2D eigenvalue weighted by Crippen LogP contribution is -2.35. The highest BCUT2D eigenvalue weighted by molar-refractivity contribution is 8.00. The number of aryl methyl sites for hydroxylation is 1. The van der Waals surface area contributed by atoms with Crippen LogP contribution in [-0.2, 0) is 6.54 Å². The van der Waals surface area contributed by atoms with Crippen molar-refractivity contribution >= 4 is 29.1 Å². The van der Waals surface area contributed by atoms with Gasteiger partial charge in [-0.1, -0.05) is 17.8 Å². The number of thioether (sulfide) groups is 1. The molecule has 2 N–H and O–H groups in total. The van der Waals surface area contributed by atoms with Crippen LogP contribution in [0.5, 0.6) is 0 Å². The van der Waals surface area contributed by atoms with Crippen LogP contribution in [0, 0.1) is 6.92 Å². The van der Waals surface area contributed by atoms with Crippen LogP contribution in [0.2, 0.25) is 0 Å². The van der Waals surface area contributed by atoms with Gasteiger partial charge in [-0.05, 0) is 25.5 Å². The Bertz CT molecular complexity index is 560. The summed E-state index contributed by atoms with van der Waals surface area (Å²) in [7, 11) is 0. The third-order valence-corrected chi connectivity index (χ3v) is 4.67. The molecule has 0 aliphatic carbocycles. The number of amides is 2. The fraction of sp³-hybridized carbons (Fsp3) is 0.357. The first-order valence-corrected chi connectivity index (χ1v) is 8.57. The van der Waals surface area contributed by atoms with E-state index in [4.69, 9.17) is 0 Å². The van der Waals surface area contributed by atoms with Gasteiger partial charge in [0.15, 0.2) is 0 Å². The van der Waals surface area contributed by atoms with E-state index in [1.54, 1.807) is 29.3 Å². The molecule has 112 valence electrons. The van der Waals surface area contributed by atoms with Gasteiger partial charge in [0.1, 0.15) is 4.34 Å². The number of rotatable bonds is 7. The lowest BCUT2D eigenvalue weighted by Gasteiger charge is -2.07. The van der Waals surface area contributed by atoms with Gasteiger partial charge in [-0.15, -0.1) is 11.3 Å². The van der Waals surface area contributed by atoms with Crippen LogP contribution in [0.3, 0.4) is 0 Å². The highest BCUT2D eigenvalue weighted by atomic mass is 32.2. The minimum atomic E-state index is -0.155. The highest BCUT2D eigenvalue weighted by Gasteiger charge is 2.01. The summed E-state index contributed by atoms with van der Waals surface area (Å²) in [6.45, 7) is 3.04. The number of hydrogen-bond acceptors (Lipinski definition) is 5. The molecule has 2 aromatic heterocycles. The Labute approximate surface area is 132 Å². The first-order chi connectivity index (χ1) is 10.2. The van der Waals surface area contributed by atoms with E-state index in [-0.39, 0.29) is 6.03 Å². The van der Waals surface area contributed by atoms with Crippen LogP contribution < -0.4 is 10.6 Å². The molecule has 0 radical (unpaired) electrons. The Morgan fingerprint density at radius 3 is 3.05 bits per heavy atom. The lowest BCUT2D eigenvalue weighted by molar-refractivity contribution is 0.240. The van der Waals surface area contributed by atoms with E-state index in [1.165, 1.54) is 0 Å².